The third-order valence-corrected chi connectivity index (χ3v) is 4.96. The largest absolute Gasteiger partial charge is 0.534 e. The van der Waals surface area contributed by atoms with E-state index >= 15 is 0 Å². The number of ether oxygens (including phenoxy) is 1. The molecule has 1 aromatic heterocycles. The molecule has 0 bridgehead atoms. The minimum Gasteiger partial charge on any atom is -0.462 e. The molecule has 3 rings (SSSR count). The average molecular weight is 423 g/mol. The SMILES string of the molecule is CCOC(=O)c1cn(C2CC2)c2c(OS(=O)(=O)C(F)(F)F)c(F)ccc2c1=O. The second-order valence-corrected chi connectivity index (χ2v) is 7.52. The van der Waals surface area contributed by atoms with E-state index in [1.807, 2.05) is 0 Å². The second kappa shape index (κ2) is 6.76. The first-order chi connectivity index (χ1) is 13.0. The Kier molecular flexibility index (Phi) is 4.86. The first-order valence-electron chi connectivity index (χ1n) is 8.03. The van der Waals surface area contributed by atoms with Crippen molar-refractivity contribution in [1.29, 1.82) is 0 Å². The van der Waals surface area contributed by atoms with Crippen molar-refractivity contribution in [1.82, 2.24) is 4.57 Å². The minimum absolute atomic E-state index is 0.0264. The predicted octanol–water partition coefficient (Wildman–Crippen LogP) is 2.88. The highest BCUT2D eigenvalue weighted by atomic mass is 32.2. The number of nitrogens with zero attached hydrogens (tertiary/aromatic N) is 1. The summed E-state index contributed by atoms with van der Waals surface area (Å²) in [5.74, 6) is -3.62. The van der Waals surface area contributed by atoms with Crippen LogP contribution >= 0.6 is 0 Å². The number of benzene rings is 1. The van der Waals surface area contributed by atoms with Gasteiger partial charge in [-0.25, -0.2) is 9.18 Å². The van der Waals surface area contributed by atoms with Crippen LogP contribution in [0.15, 0.2) is 23.1 Å². The van der Waals surface area contributed by atoms with Gasteiger partial charge < -0.3 is 13.5 Å². The lowest BCUT2D eigenvalue weighted by molar-refractivity contribution is -0.0500. The van der Waals surface area contributed by atoms with E-state index in [0.717, 1.165) is 12.3 Å². The van der Waals surface area contributed by atoms with Gasteiger partial charge in [0.05, 0.1) is 17.5 Å². The van der Waals surface area contributed by atoms with Gasteiger partial charge in [0.2, 0.25) is 11.2 Å². The van der Waals surface area contributed by atoms with Crippen LogP contribution < -0.4 is 9.61 Å². The van der Waals surface area contributed by atoms with Gasteiger partial charge in [-0.05, 0) is 31.9 Å². The topological polar surface area (TPSA) is 91.7 Å². The maximum absolute atomic E-state index is 14.2. The summed E-state index contributed by atoms with van der Waals surface area (Å²) in [7, 11) is -6.18. The van der Waals surface area contributed by atoms with E-state index in [0.29, 0.717) is 18.9 Å². The summed E-state index contributed by atoms with van der Waals surface area (Å²) >= 11 is 0. The Labute approximate surface area is 155 Å². The number of pyridine rings is 1. The van der Waals surface area contributed by atoms with E-state index in [-0.39, 0.29) is 18.0 Å². The number of esters is 1. The molecule has 7 nitrogen and oxygen atoms in total. The zero-order valence-corrected chi connectivity index (χ0v) is 15.1. The maximum atomic E-state index is 14.2. The highest BCUT2D eigenvalue weighted by Gasteiger charge is 2.49. The van der Waals surface area contributed by atoms with Gasteiger partial charge in [0.25, 0.3) is 0 Å². The Balaban J connectivity index is 2.32. The molecule has 0 spiro atoms. The zero-order valence-electron chi connectivity index (χ0n) is 14.2. The fraction of sp³-hybridized carbons (Fsp3) is 0.375. The number of hydrogen-bond donors (Lipinski definition) is 0. The summed E-state index contributed by atoms with van der Waals surface area (Å²) in [6.45, 7) is 1.49. The summed E-state index contributed by atoms with van der Waals surface area (Å²) in [5.41, 5.74) is -7.62. The van der Waals surface area contributed by atoms with Crippen molar-refractivity contribution in [3.05, 3.63) is 39.9 Å². The van der Waals surface area contributed by atoms with Gasteiger partial charge in [-0.3, -0.25) is 4.79 Å². The molecule has 152 valence electrons. The molecule has 1 fully saturated rings. The third-order valence-electron chi connectivity index (χ3n) is 4.01. The van der Waals surface area contributed by atoms with Crippen LogP contribution in [0.3, 0.4) is 0 Å². The summed E-state index contributed by atoms with van der Waals surface area (Å²) in [4.78, 5) is 24.6. The lowest BCUT2D eigenvalue weighted by Gasteiger charge is -2.17. The fourth-order valence-corrected chi connectivity index (χ4v) is 3.10. The number of carbonyl (C=O) groups is 1. The Morgan fingerprint density at radius 1 is 1.29 bits per heavy atom. The van der Waals surface area contributed by atoms with Gasteiger partial charge in [0.1, 0.15) is 5.56 Å². The summed E-state index contributed by atoms with van der Waals surface area (Å²) in [5, 5.41) is -0.369. The molecular formula is C16H13F4NO6S. The van der Waals surface area contributed by atoms with Gasteiger partial charge in [0, 0.05) is 12.2 Å². The van der Waals surface area contributed by atoms with Crippen LogP contribution in [0.2, 0.25) is 0 Å². The number of alkyl halides is 3. The average Bonchev–Trinajstić information content (AvgIpc) is 3.41. The molecule has 1 aromatic carbocycles. The van der Waals surface area contributed by atoms with E-state index in [2.05, 4.69) is 4.18 Å². The van der Waals surface area contributed by atoms with Gasteiger partial charge in [-0.1, -0.05) is 0 Å². The molecule has 1 aliphatic rings. The molecule has 12 heteroatoms. The third kappa shape index (κ3) is 3.43. The van der Waals surface area contributed by atoms with Crippen molar-refractivity contribution in [3.8, 4) is 5.75 Å². The van der Waals surface area contributed by atoms with Crippen LogP contribution in [-0.4, -0.2) is 31.1 Å². The number of rotatable bonds is 5. The molecule has 0 saturated heterocycles. The summed E-state index contributed by atoms with van der Waals surface area (Å²) in [6.07, 6.45) is 2.08. The van der Waals surface area contributed by atoms with Gasteiger partial charge >= 0.3 is 21.6 Å². The number of halogens is 4. The van der Waals surface area contributed by atoms with E-state index in [9.17, 15) is 35.6 Å². The quantitative estimate of drug-likeness (QED) is 0.318. The molecule has 0 aliphatic heterocycles. The molecule has 0 N–H and O–H groups in total. The van der Waals surface area contributed by atoms with E-state index in [4.69, 9.17) is 4.74 Å². The summed E-state index contributed by atoms with van der Waals surface area (Å²) < 4.78 is 85.1. The normalized spacial score (nSPS) is 14.9. The highest BCUT2D eigenvalue weighted by molar-refractivity contribution is 7.88. The lowest BCUT2D eigenvalue weighted by Crippen LogP contribution is -2.29. The van der Waals surface area contributed by atoms with Crippen molar-refractivity contribution >= 4 is 27.0 Å². The molecule has 1 saturated carbocycles. The van der Waals surface area contributed by atoms with Gasteiger partial charge in [-0.15, -0.1) is 0 Å². The van der Waals surface area contributed by atoms with Crippen LogP contribution in [0, 0.1) is 5.82 Å². The molecular weight excluding hydrogens is 410 g/mol. The number of fused-ring (bicyclic) bond motifs is 1. The Morgan fingerprint density at radius 2 is 1.93 bits per heavy atom. The highest BCUT2D eigenvalue weighted by Crippen LogP contribution is 2.41. The molecule has 0 radical (unpaired) electrons. The van der Waals surface area contributed by atoms with Crippen LogP contribution in [-0.2, 0) is 14.9 Å². The second-order valence-electron chi connectivity index (χ2n) is 5.99. The molecule has 2 aromatic rings. The van der Waals surface area contributed by atoms with Crippen molar-refractivity contribution in [2.24, 2.45) is 0 Å². The molecule has 0 unspecified atom stereocenters. The smallest absolute Gasteiger partial charge is 0.462 e. The molecule has 1 heterocycles. The Hall–Kier alpha value is -2.63. The monoisotopic (exact) mass is 423 g/mol. The van der Waals surface area contributed by atoms with Crippen molar-refractivity contribution < 1.29 is 39.7 Å². The standard InChI is InChI=1S/C16H13F4NO6S/c1-2-26-15(23)10-7-21(8-3-4-8)12-9(13(10)22)5-6-11(17)14(12)27-28(24,25)16(18,19)20/h5-8H,2-4H2,1H3. The van der Waals surface area contributed by atoms with E-state index < -0.39 is 49.7 Å². The maximum Gasteiger partial charge on any atom is 0.534 e. The number of hydrogen-bond acceptors (Lipinski definition) is 6. The van der Waals surface area contributed by atoms with Crippen molar-refractivity contribution in [2.75, 3.05) is 6.61 Å². The molecule has 0 amide bonds. The van der Waals surface area contributed by atoms with Crippen molar-refractivity contribution in [2.45, 2.75) is 31.3 Å². The Bertz CT molecular complexity index is 1120. The van der Waals surface area contributed by atoms with Crippen LogP contribution in [0.4, 0.5) is 17.6 Å². The number of carbonyl (C=O) groups excluding carboxylic acids is 1. The van der Waals surface area contributed by atoms with Crippen LogP contribution in [0.5, 0.6) is 5.75 Å². The zero-order chi connectivity index (χ0) is 20.9. The van der Waals surface area contributed by atoms with E-state index in [1.54, 1.807) is 0 Å². The molecule has 0 atom stereocenters. The van der Waals surface area contributed by atoms with Crippen LogP contribution in [0.1, 0.15) is 36.2 Å². The van der Waals surface area contributed by atoms with Gasteiger partial charge in [0.15, 0.2) is 5.82 Å². The fourth-order valence-electron chi connectivity index (χ4n) is 2.62. The first kappa shape index (κ1) is 20.1. The Morgan fingerprint density at radius 3 is 2.46 bits per heavy atom. The summed E-state index contributed by atoms with van der Waals surface area (Å²) in [6, 6.07) is 1.17. The van der Waals surface area contributed by atoms with Crippen LogP contribution in [0.25, 0.3) is 10.9 Å². The predicted molar refractivity (Wildman–Crippen MR) is 88.0 cm³/mol. The molecule has 28 heavy (non-hydrogen) atoms. The van der Waals surface area contributed by atoms with Gasteiger partial charge in [-0.2, -0.15) is 21.6 Å². The van der Waals surface area contributed by atoms with Crippen molar-refractivity contribution in [3.63, 3.8) is 0 Å². The lowest BCUT2D eigenvalue weighted by atomic mass is 10.1. The molecule has 1 aliphatic carbocycles. The number of aromatic nitrogens is 1. The first-order valence-corrected chi connectivity index (χ1v) is 9.44. The minimum atomic E-state index is -6.18. The van der Waals surface area contributed by atoms with E-state index in [1.165, 1.54) is 11.5 Å².